The van der Waals surface area contributed by atoms with Crippen molar-refractivity contribution in [1.82, 2.24) is 9.97 Å². The molecule has 0 aliphatic heterocycles. The molecule has 0 saturated heterocycles. The molecule has 1 aromatic rings. The van der Waals surface area contributed by atoms with E-state index in [0.29, 0.717) is 24.3 Å². The maximum absolute atomic E-state index is 5.51. The monoisotopic (exact) mass is 267 g/mol. The molecule has 19 heavy (non-hydrogen) atoms. The minimum absolute atomic E-state index is 0.383. The molecule has 1 rings (SSSR count). The first-order chi connectivity index (χ1) is 9.04. The average molecular weight is 267 g/mol. The van der Waals surface area contributed by atoms with Crippen LogP contribution in [0.15, 0.2) is 0 Å². The number of nitrogens with zero attached hydrogens (tertiary/aromatic N) is 3. The van der Waals surface area contributed by atoms with Crippen LogP contribution in [-0.2, 0) is 4.74 Å². The number of hydrogen-bond donors (Lipinski definition) is 2. The number of methoxy groups -OCH3 is 1. The van der Waals surface area contributed by atoms with E-state index in [9.17, 15) is 0 Å². The van der Waals surface area contributed by atoms with Crippen LogP contribution in [0.2, 0.25) is 0 Å². The molecule has 0 aromatic carbocycles. The summed E-state index contributed by atoms with van der Waals surface area (Å²) in [6, 6.07) is 0.383. The van der Waals surface area contributed by atoms with Gasteiger partial charge in [-0.2, -0.15) is 0 Å². The van der Waals surface area contributed by atoms with Crippen molar-refractivity contribution in [2.24, 2.45) is 5.84 Å². The van der Waals surface area contributed by atoms with E-state index in [2.05, 4.69) is 34.1 Å². The summed E-state index contributed by atoms with van der Waals surface area (Å²) >= 11 is 0. The van der Waals surface area contributed by atoms with E-state index in [0.717, 1.165) is 24.3 Å². The summed E-state index contributed by atoms with van der Waals surface area (Å²) in [6.45, 7) is 9.66. The van der Waals surface area contributed by atoms with Crippen molar-refractivity contribution in [2.45, 2.75) is 40.2 Å². The van der Waals surface area contributed by atoms with Gasteiger partial charge in [-0.25, -0.2) is 15.8 Å². The lowest BCUT2D eigenvalue weighted by molar-refractivity contribution is 0.203. The third kappa shape index (κ3) is 3.78. The van der Waals surface area contributed by atoms with E-state index in [4.69, 9.17) is 10.6 Å². The topological polar surface area (TPSA) is 76.3 Å². The van der Waals surface area contributed by atoms with Gasteiger partial charge in [-0.15, -0.1) is 0 Å². The highest BCUT2D eigenvalue weighted by Crippen LogP contribution is 2.25. The third-order valence-electron chi connectivity index (χ3n) is 3.30. The smallest absolute Gasteiger partial charge is 0.148 e. The summed E-state index contributed by atoms with van der Waals surface area (Å²) < 4.78 is 5.19. The third-order valence-corrected chi connectivity index (χ3v) is 3.30. The fourth-order valence-electron chi connectivity index (χ4n) is 1.98. The highest BCUT2D eigenvalue weighted by molar-refractivity contribution is 5.58. The molecule has 1 unspecified atom stereocenters. The predicted octanol–water partition coefficient (Wildman–Crippen LogP) is 1.63. The number of aromatic nitrogens is 2. The Hall–Kier alpha value is -1.40. The second-order valence-corrected chi connectivity index (χ2v) is 4.66. The SMILES string of the molecule is CCC(C)N(CCOC)c1nc(C)nc(NN)c1C. The number of aryl methyl sites for hydroxylation is 1. The Morgan fingerprint density at radius 2 is 2.05 bits per heavy atom. The highest BCUT2D eigenvalue weighted by Gasteiger charge is 2.19. The van der Waals surface area contributed by atoms with Crippen LogP contribution in [0.25, 0.3) is 0 Å². The summed E-state index contributed by atoms with van der Waals surface area (Å²) in [7, 11) is 1.71. The maximum atomic E-state index is 5.51. The zero-order valence-electron chi connectivity index (χ0n) is 12.5. The molecule has 0 aliphatic rings. The molecule has 0 spiro atoms. The van der Waals surface area contributed by atoms with Gasteiger partial charge in [-0.1, -0.05) is 6.92 Å². The molecular formula is C13H25N5O. The molecule has 6 nitrogen and oxygen atoms in total. The Balaban J connectivity index is 3.16. The molecule has 0 amide bonds. The normalized spacial score (nSPS) is 12.3. The molecule has 6 heteroatoms. The molecule has 0 fully saturated rings. The van der Waals surface area contributed by atoms with Crippen molar-refractivity contribution in [1.29, 1.82) is 0 Å². The van der Waals surface area contributed by atoms with Crippen LogP contribution in [0.3, 0.4) is 0 Å². The number of nitrogen functional groups attached to an aromatic ring is 1. The van der Waals surface area contributed by atoms with Crippen LogP contribution in [0, 0.1) is 13.8 Å². The Bertz CT molecular complexity index is 410. The molecule has 0 radical (unpaired) electrons. The van der Waals surface area contributed by atoms with Crippen molar-refractivity contribution in [3.63, 3.8) is 0 Å². The Labute approximate surface area is 115 Å². The van der Waals surface area contributed by atoms with Gasteiger partial charge in [0.25, 0.3) is 0 Å². The van der Waals surface area contributed by atoms with Gasteiger partial charge < -0.3 is 15.1 Å². The van der Waals surface area contributed by atoms with Gasteiger partial charge >= 0.3 is 0 Å². The quantitative estimate of drug-likeness (QED) is 0.577. The number of anilines is 2. The second-order valence-electron chi connectivity index (χ2n) is 4.66. The van der Waals surface area contributed by atoms with Gasteiger partial charge in [0.1, 0.15) is 17.5 Å². The van der Waals surface area contributed by atoms with Gasteiger partial charge in [0.05, 0.1) is 6.61 Å². The molecule has 1 heterocycles. The lowest BCUT2D eigenvalue weighted by Crippen LogP contribution is -2.37. The van der Waals surface area contributed by atoms with Crippen LogP contribution < -0.4 is 16.2 Å². The van der Waals surface area contributed by atoms with E-state index in [1.54, 1.807) is 7.11 Å². The van der Waals surface area contributed by atoms with Crippen LogP contribution in [0.5, 0.6) is 0 Å². The molecule has 1 atom stereocenters. The molecule has 108 valence electrons. The van der Waals surface area contributed by atoms with E-state index in [-0.39, 0.29) is 0 Å². The van der Waals surface area contributed by atoms with E-state index >= 15 is 0 Å². The molecule has 3 N–H and O–H groups in total. The Morgan fingerprint density at radius 1 is 1.37 bits per heavy atom. The Kier molecular flexibility index (Phi) is 5.98. The fourth-order valence-corrected chi connectivity index (χ4v) is 1.98. The van der Waals surface area contributed by atoms with Crippen molar-refractivity contribution in [3.8, 4) is 0 Å². The largest absolute Gasteiger partial charge is 0.383 e. The standard InChI is InChI=1S/C13H25N5O/c1-6-9(2)18(7-8-19-5)13-10(3)12(17-14)15-11(4)16-13/h9H,6-8,14H2,1-5H3,(H,15,16,17). The van der Waals surface area contributed by atoms with E-state index in [1.807, 2.05) is 13.8 Å². The number of ether oxygens (including phenoxy) is 1. The van der Waals surface area contributed by atoms with Crippen molar-refractivity contribution < 1.29 is 4.74 Å². The highest BCUT2D eigenvalue weighted by atomic mass is 16.5. The number of hydrogen-bond acceptors (Lipinski definition) is 6. The first-order valence-corrected chi connectivity index (χ1v) is 6.62. The summed E-state index contributed by atoms with van der Waals surface area (Å²) in [5.41, 5.74) is 3.60. The predicted molar refractivity (Wildman–Crippen MR) is 78.3 cm³/mol. The lowest BCUT2D eigenvalue weighted by Gasteiger charge is -2.31. The fraction of sp³-hybridized carbons (Fsp3) is 0.692. The number of hydrazine groups is 1. The van der Waals surface area contributed by atoms with Crippen LogP contribution in [0.1, 0.15) is 31.7 Å². The van der Waals surface area contributed by atoms with Crippen LogP contribution in [-0.4, -0.2) is 36.3 Å². The number of nitrogens with two attached hydrogens (primary N) is 1. The molecule has 0 aliphatic carbocycles. The van der Waals surface area contributed by atoms with Crippen molar-refractivity contribution >= 4 is 11.6 Å². The molecule has 0 saturated carbocycles. The second kappa shape index (κ2) is 7.25. The first-order valence-electron chi connectivity index (χ1n) is 6.62. The summed E-state index contributed by atoms with van der Waals surface area (Å²) in [4.78, 5) is 11.1. The van der Waals surface area contributed by atoms with Crippen molar-refractivity contribution in [2.75, 3.05) is 30.6 Å². The van der Waals surface area contributed by atoms with Crippen LogP contribution >= 0.6 is 0 Å². The summed E-state index contributed by atoms with van der Waals surface area (Å²) in [5.74, 6) is 7.82. The van der Waals surface area contributed by atoms with Gasteiger partial charge in [-0.3, -0.25) is 0 Å². The lowest BCUT2D eigenvalue weighted by atomic mass is 10.2. The molecule has 0 bridgehead atoms. The Morgan fingerprint density at radius 3 is 2.58 bits per heavy atom. The van der Waals surface area contributed by atoms with Gasteiger partial charge in [-0.05, 0) is 27.2 Å². The van der Waals surface area contributed by atoms with Gasteiger partial charge in [0.2, 0.25) is 0 Å². The molecular weight excluding hydrogens is 242 g/mol. The zero-order valence-corrected chi connectivity index (χ0v) is 12.5. The average Bonchev–Trinajstić information content (AvgIpc) is 2.41. The summed E-state index contributed by atoms with van der Waals surface area (Å²) in [5, 5.41) is 0. The zero-order chi connectivity index (χ0) is 14.4. The number of nitrogens with one attached hydrogen (secondary N) is 1. The van der Waals surface area contributed by atoms with Crippen LogP contribution in [0.4, 0.5) is 11.6 Å². The van der Waals surface area contributed by atoms with Gasteiger partial charge in [0.15, 0.2) is 0 Å². The van der Waals surface area contributed by atoms with E-state index in [1.165, 1.54) is 0 Å². The van der Waals surface area contributed by atoms with E-state index < -0.39 is 0 Å². The maximum Gasteiger partial charge on any atom is 0.148 e. The molecule has 1 aromatic heterocycles. The van der Waals surface area contributed by atoms with Gasteiger partial charge in [0, 0.05) is 25.3 Å². The van der Waals surface area contributed by atoms with Crippen molar-refractivity contribution in [3.05, 3.63) is 11.4 Å². The minimum atomic E-state index is 0.383. The minimum Gasteiger partial charge on any atom is -0.383 e. The number of rotatable bonds is 7. The summed E-state index contributed by atoms with van der Waals surface area (Å²) in [6.07, 6.45) is 1.04. The first kappa shape index (κ1) is 15.7.